The monoisotopic (exact) mass is 343 g/mol. The van der Waals surface area contributed by atoms with Crippen LogP contribution in [0.25, 0.3) is 0 Å². The van der Waals surface area contributed by atoms with Gasteiger partial charge in [-0.15, -0.1) is 0 Å². The number of hydrogen-bond acceptors (Lipinski definition) is 5. The smallest absolute Gasteiger partial charge is 0.274 e. The lowest BCUT2D eigenvalue weighted by atomic mass is 10.1. The Morgan fingerprint density at radius 1 is 1.08 bits per heavy atom. The summed E-state index contributed by atoms with van der Waals surface area (Å²) in [5, 5.41) is 6.10. The topological polar surface area (TPSA) is 72.5 Å². The van der Waals surface area contributed by atoms with Gasteiger partial charge in [-0.1, -0.05) is 13.8 Å². The molecule has 25 heavy (non-hydrogen) atoms. The summed E-state index contributed by atoms with van der Waals surface area (Å²) in [6.07, 6.45) is 2.76. The Balaban J connectivity index is 1.98. The molecule has 0 bridgehead atoms. The number of ether oxygens (including phenoxy) is 2. The molecular formula is C19H25N3O3. The molecule has 0 fully saturated rings. The number of aromatic nitrogens is 1. The van der Waals surface area contributed by atoms with E-state index in [0.29, 0.717) is 28.8 Å². The number of nitrogens with one attached hydrogen (secondary N) is 2. The van der Waals surface area contributed by atoms with Gasteiger partial charge in [-0.3, -0.25) is 4.79 Å². The standard InChI is InChI=1S/C19H25N3O3/c1-13(2)9-10-20-15-5-7-16(21-12-15)19(23)22-14-6-8-17(24-3)18(11-14)25-4/h5-8,11-13,20H,9-10H2,1-4H3,(H,22,23). The first-order chi connectivity index (χ1) is 12.0. The van der Waals surface area contributed by atoms with Crippen molar-refractivity contribution in [2.24, 2.45) is 5.92 Å². The highest BCUT2D eigenvalue weighted by atomic mass is 16.5. The second kappa shape index (κ2) is 8.92. The molecule has 1 aromatic heterocycles. The lowest BCUT2D eigenvalue weighted by Gasteiger charge is -2.11. The van der Waals surface area contributed by atoms with E-state index in [-0.39, 0.29) is 5.91 Å². The van der Waals surface area contributed by atoms with Crippen LogP contribution in [0.5, 0.6) is 11.5 Å². The zero-order valence-electron chi connectivity index (χ0n) is 15.1. The molecule has 0 radical (unpaired) electrons. The van der Waals surface area contributed by atoms with Gasteiger partial charge in [-0.05, 0) is 36.6 Å². The largest absolute Gasteiger partial charge is 0.493 e. The van der Waals surface area contributed by atoms with Gasteiger partial charge in [0.15, 0.2) is 11.5 Å². The molecule has 6 nitrogen and oxygen atoms in total. The van der Waals surface area contributed by atoms with Crippen molar-refractivity contribution in [3.8, 4) is 11.5 Å². The molecular weight excluding hydrogens is 318 g/mol. The summed E-state index contributed by atoms with van der Waals surface area (Å²) in [5.41, 5.74) is 1.87. The van der Waals surface area contributed by atoms with Crippen LogP contribution < -0.4 is 20.1 Å². The first kappa shape index (κ1) is 18.6. The molecule has 0 spiro atoms. The molecule has 1 aromatic carbocycles. The van der Waals surface area contributed by atoms with Crippen LogP contribution in [0.15, 0.2) is 36.5 Å². The number of carbonyl (C=O) groups excluding carboxylic acids is 1. The number of carbonyl (C=O) groups is 1. The molecule has 1 heterocycles. The average Bonchev–Trinajstić information content (AvgIpc) is 2.61. The Hall–Kier alpha value is -2.76. The molecule has 0 atom stereocenters. The fourth-order valence-electron chi connectivity index (χ4n) is 2.25. The Morgan fingerprint density at radius 3 is 2.40 bits per heavy atom. The first-order valence-electron chi connectivity index (χ1n) is 8.26. The molecule has 1 amide bonds. The van der Waals surface area contributed by atoms with Crippen molar-refractivity contribution in [3.05, 3.63) is 42.2 Å². The van der Waals surface area contributed by atoms with E-state index >= 15 is 0 Å². The van der Waals surface area contributed by atoms with E-state index in [9.17, 15) is 4.79 Å². The van der Waals surface area contributed by atoms with Gasteiger partial charge in [0.1, 0.15) is 5.69 Å². The van der Waals surface area contributed by atoms with Crippen molar-refractivity contribution in [1.82, 2.24) is 4.98 Å². The quantitative estimate of drug-likeness (QED) is 0.762. The van der Waals surface area contributed by atoms with Gasteiger partial charge in [0.2, 0.25) is 0 Å². The third-order valence-corrected chi connectivity index (χ3v) is 3.69. The van der Waals surface area contributed by atoms with Crippen LogP contribution in [-0.2, 0) is 0 Å². The van der Waals surface area contributed by atoms with Crippen LogP contribution in [0.4, 0.5) is 11.4 Å². The SMILES string of the molecule is COc1ccc(NC(=O)c2ccc(NCCC(C)C)cn2)cc1OC. The molecule has 2 aromatic rings. The summed E-state index contributed by atoms with van der Waals surface area (Å²) in [6, 6.07) is 8.76. The molecule has 2 rings (SSSR count). The van der Waals surface area contributed by atoms with Crippen molar-refractivity contribution in [3.63, 3.8) is 0 Å². The van der Waals surface area contributed by atoms with Crippen molar-refractivity contribution in [2.75, 3.05) is 31.4 Å². The van der Waals surface area contributed by atoms with Crippen molar-refractivity contribution < 1.29 is 14.3 Å². The zero-order valence-corrected chi connectivity index (χ0v) is 15.1. The number of pyridine rings is 1. The van der Waals surface area contributed by atoms with E-state index in [0.717, 1.165) is 18.7 Å². The van der Waals surface area contributed by atoms with E-state index < -0.39 is 0 Å². The van der Waals surface area contributed by atoms with E-state index in [2.05, 4.69) is 29.5 Å². The maximum Gasteiger partial charge on any atom is 0.274 e. The number of methoxy groups -OCH3 is 2. The summed E-state index contributed by atoms with van der Waals surface area (Å²) >= 11 is 0. The highest BCUT2D eigenvalue weighted by molar-refractivity contribution is 6.03. The highest BCUT2D eigenvalue weighted by Crippen LogP contribution is 2.29. The predicted molar refractivity (Wildman–Crippen MR) is 99.7 cm³/mol. The van der Waals surface area contributed by atoms with Gasteiger partial charge >= 0.3 is 0 Å². The molecule has 0 unspecified atom stereocenters. The molecule has 0 saturated carbocycles. The fourth-order valence-corrected chi connectivity index (χ4v) is 2.25. The molecule has 134 valence electrons. The minimum atomic E-state index is -0.277. The van der Waals surface area contributed by atoms with Crippen molar-refractivity contribution in [1.29, 1.82) is 0 Å². The lowest BCUT2D eigenvalue weighted by Crippen LogP contribution is -2.14. The van der Waals surface area contributed by atoms with Crippen LogP contribution >= 0.6 is 0 Å². The Kier molecular flexibility index (Phi) is 6.62. The minimum absolute atomic E-state index is 0.277. The summed E-state index contributed by atoms with van der Waals surface area (Å²) in [7, 11) is 3.12. The normalized spacial score (nSPS) is 10.4. The second-order valence-corrected chi connectivity index (χ2v) is 6.07. The van der Waals surface area contributed by atoms with E-state index in [1.807, 2.05) is 6.07 Å². The molecule has 0 aliphatic heterocycles. The molecule has 6 heteroatoms. The summed E-state index contributed by atoms with van der Waals surface area (Å²) < 4.78 is 10.4. The van der Waals surface area contributed by atoms with E-state index in [1.165, 1.54) is 0 Å². The number of nitrogens with zero attached hydrogens (tertiary/aromatic N) is 1. The number of hydrogen-bond donors (Lipinski definition) is 2. The maximum absolute atomic E-state index is 12.3. The second-order valence-electron chi connectivity index (χ2n) is 6.07. The minimum Gasteiger partial charge on any atom is -0.493 e. The Bertz CT molecular complexity index is 700. The average molecular weight is 343 g/mol. The number of rotatable bonds is 8. The summed E-state index contributed by atoms with van der Waals surface area (Å²) in [5.74, 6) is 1.53. The van der Waals surface area contributed by atoms with Gasteiger partial charge < -0.3 is 20.1 Å². The van der Waals surface area contributed by atoms with Crippen LogP contribution in [0.1, 0.15) is 30.8 Å². The van der Waals surface area contributed by atoms with Crippen molar-refractivity contribution >= 4 is 17.3 Å². The number of benzene rings is 1. The van der Waals surface area contributed by atoms with E-state index in [1.54, 1.807) is 44.7 Å². The summed E-state index contributed by atoms with van der Waals surface area (Å²) in [4.78, 5) is 16.5. The number of amides is 1. The van der Waals surface area contributed by atoms with Crippen LogP contribution in [0, 0.1) is 5.92 Å². The van der Waals surface area contributed by atoms with Gasteiger partial charge in [0, 0.05) is 18.3 Å². The first-order valence-corrected chi connectivity index (χ1v) is 8.26. The van der Waals surface area contributed by atoms with Crippen LogP contribution in [0.2, 0.25) is 0 Å². The van der Waals surface area contributed by atoms with Crippen molar-refractivity contribution in [2.45, 2.75) is 20.3 Å². The fraction of sp³-hybridized carbons (Fsp3) is 0.368. The van der Waals surface area contributed by atoms with Crippen LogP contribution in [-0.4, -0.2) is 31.7 Å². The molecule has 0 saturated heterocycles. The molecule has 0 aliphatic carbocycles. The predicted octanol–water partition coefficient (Wildman–Crippen LogP) is 3.81. The van der Waals surface area contributed by atoms with Gasteiger partial charge in [-0.25, -0.2) is 4.98 Å². The number of anilines is 2. The summed E-state index contributed by atoms with van der Waals surface area (Å²) in [6.45, 7) is 5.25. The van der Waals surface area contributed by atoms with Gasteiger partial charge in [0.25, 0.3) is 5.91 Å². The third kappa shape index (κ3) is 5.38. The molecule has 0 aliphatic rings. The van der Waals surface area contributed by atoms with Gasteiger partial charge in [0.05, 0.1) is 26.1 Å². The lowest BCUT2D eigenvalue weighted by molar-refractivity contribution is 0.102. The van der Waals surface area contributed by atoms with E-state index in [4.69, 9.17) is 9.47 Å². The van der Waals surface area contributed by atoms with Gasteiger partial charge in [-0.2, -0.15) is 0 Å². The molecule has 2 N–H and O–H groups in total. The highest BCUT2D eigenvalue weighted by Gasteiger charge is 2.10. The third-order valence-electron chi connectivity index (χ3n) is 3.69. The Labute approximate surface area is 148 Å². The Morgan fingerprint density at radius 2 is 1.80 bits per heavy atom. The van der Waals surface area contributed by atoms with Crippen LogP contribution in [0.3, 0.4) is 0 Å². The maximum atomic E-state index is 12.3. The zero-order chi connectivity index (χ0) is 18.2.